The molecule has 0 fully saturated rings. The molecule has 4 N–H and O–H groups in total. The topological polar surface area (TPSA) is 126 Å². The molecule has 0 saturated heterocycles. The molecule has 2 aromatic rings. The molecule has 1 heterocycles. The van der Waals surface area contributed by atoms with Crippen molar-refractivity contribution in [3.8, 4) is 17.1 Å². The number of carbonyl (C=O) groups excluding carboxylic acids is 2. The van der Waals surface area contributed by atoms with Gasteiger partial charge in [-0.1, -0.05) is 0 Å². The third kappa shape index (κ3) is 6.30. The molecule has 0 aliphatic carbocycles. The Kier molecular flexibility index (Phi) is 6.99. The molecular formula is C20H28N4O5. The fraction of sp³-hybridized carbons (Fsp3) is 0.450. The molecule has 1 aromatic heterocycles. The number of oxazole rings is 1. The second kappa shape index (κ2) is 9.06. The Morgan fingerprint density at radius 2 is 1.90 bits per heavy atom. The van der Waals surface area contributed by atoms with Crippen molar-refractivity contribution >= 4 is 17.5 Å². The normalized spacial score (nSPS) is 11.8. The predicted octanol–water partition coefficient (Wildman–Crippen LogP) is 1.54. The first kappa shape index (κ1) is 22.4. The van der Waals surface area contributed by atoms with Crippen LogP contribution in [0.15, 0.2) is 35.2 Å². The number of aliphatic hydroxyl groups excluding tert-OH is 1. The maximum Gasteiger partial charge on any atom is 0.313 e. The van der Waals surface area contributed by atoms with Gasteiger partial charge < -0.3 is 30.2 Å². The van der Waals surface area contributed by atoms with E-state index in [1.807, 2.05) is 13.8 Å². The molecule has 2 rings (SSSR count). The van der Waals surface area contributed by atoms with E-state index in [1.165, 1.54) is 13.5 Å². The predicted molar refractivity (Wildman–Crippen MR) is 109 cm³/mol. The Bertz CT molecular complexity index is 847. The van der Waals surface area contributed by atoms with Crippen LogP contribution in [0, 0.1) is 0 Å². The van der Waals surface area contributed by atoms with Gasteiger partial charge in [-0.3, -0.25) is 9.59 Å². The van der Waals surface area contributed by atoms with Crippen molar-refractivity contribution in [1.29, 1.82) is 0 Å². The number of hydrogen-bond donors (Lipinski definition) is 4. The SMILES string of the molecule is COc1cc(NC(=O)C(=O)NC(C)(C)CNC(C)(C)CO)ccc1-c1cnco1. The van der Waals surface area contributed by atoms with E-state index in [9.17, 15) is 14.7 Å². The van der Waals surface area contributed by atoms with Crippen LogP contribution in [-0.4, -0.2) is 53.2 Å². The van der Waals surface area contributed by atoms with Crippen molar-refractivity contribution < 1.29 is 23.8 Å². The number of anilines is 1. The Morgan fingerprint density at radius 1 is 1.17 bits per heavy atom. The molecular weight excluding hydrogens is 376 g/mol. The lowest BCUT2D eigenvalue weighted by molar-refractivity contribution is -0.137. The fourth-order valence-electron chi connectivity index (χ4n) is 2.43. The van der Waals surface area contributed by atoms with E-state index >= 15 is 0 Å². The van der Waals surface area contributed by atoms with Gasteiger partial charge in [0.1, 0.15) is 5.75 Å². The van der Waals surface area contributed by atoms with E-state index in [0.29, 0.717) is 29.3 Å². The summed E-state index contributed by atoms with van der Waals surface area (Å²) in [6.45, 7) is 7.57. The molecule has 9 nitrogen and oxygen atoms in total. The molecule has 2 amide bonds. The van der Waals surface area contributed by atoms with Gasteiger partial charge in [0.15, 0.2) is 12.2 Å². The van der Waals surface area contributed by atoms with E-state index in [2.05, 4.69) is 20.9 Å². The highest BCUT2D eigenvalue weighted by Gasteiger charge is 2.27. The molecule has 158 valence electrons. The summed E-state index contributed by atoms with van der Waals surface area (Å²) in [5.74, 6) is -0.570. The molecule has 0 aliphatic rings. The molecule has 0 spiro atoms. The number of carbonyl (C=O) groups is 2. The summed E-state index contributed by atoms with van der Waals surface area (Å²) >= 11 is 0. The summed E-state index contributed by atoms with van der Waals surface area (Å²) in [5.41, 5.74) is -0.116. The maximum atomic E-state index is 12.3. The number of aliphatic hydroxyl groups is 1. The van der Waals surface area contributed by atoms with Crippen molar-refractivity contribution in [2.24, 2.45) is 0 Å². The number of aromatic nitrogens is 1. The number of hydrogen-bond acceptors (Lipinski definition) is 7. The second-order valence-electron chi connectivity index (χ2n) is 7.97. The zero-order chi connectivity index (χ0) is 21.7. The average molecular weight is 404 g/mol. The number of ether oxygens (including phenoxy) is 1. The molecule has 0 atom stereocenters. The molecule has 29 heavy (non-hydrogen) atoms. The van der Waals surface area contributed by atoms with Crippen LogP contribution in [0.25, 0.3) is 11.3 Å². The van der Waals surface area contributed by atoms with Crippen LogP contribution >= 0.6 is 0 Å². The first-order valence-electron chi connectivity index (χ1n) is 9.13. The fourth-order valence-corrected chi connectivity index (χ4v) is 2.43. The third-order valence-corrected chi connectivity index (χ3v) is 4.22. The number of nitrogens with one attached hydrogen (secondary N) is 3. The summed E-state index contributed by atoms with van der Waals surface area (Å²) in [6.07, 6.45) is 2.87. The van der Waals surface area contributed by atoms with Gasteiger partial charge in [0.2, 0.25) is 0 Å². The van der Waals surface area contributed by atoms with Crippen LogP contribution in [0.4, 0.5) is 5.69 Å². The van der Waals surface area contributed by atoms with Gasteiger partial charge in [0.05, 0.1) is 25.5 Å². The highest BCUT2D eigenvalue weighted by molar-refractivity contribution is 6.39. The number of rotatable bonds is 8. The first-order valence-corrected chi connectivity index (χ1v) is 9.13. The molecule has 9 heteroatoms. The number of benzene rings is 1. The summed E-state index contributed by atoms with van der Waals surface area (Å²) in [7, 11) is 1.50. The van der Waals surface area contributed by atoms with Crippen molar-refractivity contribution in [2.75, 3.05) is 25.6 Å². The molecule has 0 aliphatic heterocycles. The first-order chi connectivity index (χ1) is 13.6. The minimum Gasteiger partial charge on any atom is -0.496 e. The van der Waals surface area contributed by atoms with E-state index < -0.39 is 22.9 Å². The van der Waals surface area contributed by atoms with Gasteiger partial charge in [0, 0.05) is 29.4 Å². The number of methoxy groups -OCH3 is 1. The van der Waals surface area contributed by atoms with Crippen LogP contribution in [0.5, 0.6) is 5.75 Å². The maximum absolute atomic E-state index is 12.3. The standard InChI is InChI=1S/C20H28N4O5/c1-19(2,10-22-20(3,4)11-25)24-18(27)17(26)23-13-6-7-14(15(8-13)28-5)16-9-21-12-29-16/h6-9,12,22,25H,10-11H2,1-5H3,(H,23,26)(H,24,27). The Balaban J connectivity index is 2.01. The van der Waals surface area contributed by atoms with Gasteiger partial charge in [-0.15, -0.1) is 0 Å². The Labute approximate surface area is 169 Å². The molecule has 0 bridgehead atoms. The van der Waals surface area contributed by atoms with Gasteiger partial charge >= 0.3 is 11.8 Å². The zero-order valence-corrected chi connectivity index (χ0v) is 17.3. The summed E-state index contributed by atoms with van der Waals surface area (Å²) in [6, 6.07) is 4.94. The highest BCUT2D eigenvalue weighted by atomic mass is 16.5. The second-order valence-corrected chi connectivity index (χ2v) is 7.97. The third-order valence-electron chi connectivity index (χ3n) is 4.22. The van der Waals surface area contributed by atoms with E-state index in [1.54, 1.807) is 38.2 Å². The summed E-state index contributed by atoms with van der Waals surface area (Å²) < 4.78 is 10.6. The molecule has 0 unspecified atom stereocenters. The Morgan fingerprint density at radius 3 is 2.48 bits per heavy atom. The van der Waals surface area contributed by atoms with Gasteiger partial charge in [-0.2, -0.15) is 0 Å². The van der Waals surface area contributed by atoms with E-state index in [0.717, 1.165) is 0 Å². The molecule has 0 radical (unpaired) electrons. The lowest BCUT2D eigenvalue weighted by atomic mass is 10.0. The average Bonchev–Trinajstić information content (AvgIpc) is 3.20. The zero-order valence-electron chi connectivity index (χ0n) is 17.3. The number of amides is 2. The van der Waals surface area contributed by atoms with Crippen LogP contribution in [0.1, 0.15) is 27.7 Å². The van der Waals surface area contributed by atoms with Gasteiger partial charge in [-0.05, 0) is 39.8 Å². The van der Waals surface area contributed by atoms with E-state index in [4.69, 9.17) is 9.15 Å². The number of nitrogens with zero attached hydrogens (tertiary/aromatic N) is 1. The van der Waals surface area contributed by atoms with Crippen molar-refractivity contribution in [3.63, 3.8) is 0 Å². The van der Waals surface area contributed by atoms with Crippen molar-refractivity contribution in [3.05, 3.63) is 30.8 Å². The lowest BCUT2D eigenvalue weighted by Gasteiger charge is -2.32. The van der Waals surface area contributed by atoms with Crippen LogP contribution < -0.4 is 20.7 Å². The molecule has 0 saturated carbocycles. The quantitative estimate of drug-likeness (QED) is 0.492. The van der Waals surface area contributed by atoms with Gasteiger partial charge in [0.25, 0.3) is 0 Å². The van der Waals surface area contributed by atoms with E-state index in [-0.39, 0.29) is 6.61 Å². The monoisotopic (exact) mass is 404 g/mol. The van der Waals surface area contributed by atoms with Gasteiger partial charge in [-0.25, -0.2) is 4.98 Å². The molecule has 1 aromatic carbocycles. The van der Waals surface area contributed by atoms with Crippen molar-refractivity contribution in [2.45, 2.75) is 38.8 Å². The largest absolute Gasteiger partial charge is 0.496 e. The minimum atomic E-state index is -0.797. The van der Waals surface area contributed by atoms with Crippen LogP contribution in [0.2, 0.25) is 0 Å². The Hall–Kier alpha value is -2.91. The van der Waals surface area contributed by atoms with Crippen molar-refractivity contribution in [1.82, 2.24) is 15.6 Å². The van der Waals surface area contributed by atoms with Crippen LogP contribution in [0.3, 0.4) is 0 Å². The van der Waals surface area contributed by atoms with Crippen LogP contribution in [-0.2, 0) is 9.59 Å². The highest BCUT2D eigenvalue weighted by Crippen LogP contribution is 2.32. The summed E-state index contributed by atoms with van der Waals surface area (Å²) in [5, 5.41) is 17.7. The lowest BCUT2D eigenvalue weighted by Crippen LogP contribution is -2.57. The summed E-state index contributed by atoms with van der Waals surface area (Å²) in [4.78, 5) is 28.5. The smallest absolute Gasteiger partial charge is 0.313 e. The minimum absolute atomic E-state index is 0.0522.